The third-order valence-corrected chi connectivity index (χ3v) is 6.10. The minimum absolute atomic E-state index is 0.339. The molecule has 0 bridgehead atoms. The van der Waals surface area contributed by atoms with Gasteiger partial charge in [-0.05, 0) is 67.1 Å². The molecule has 1 aliphatic heterocycles. The fourth-order valence-corrected chi connectivity index (χ4v) is 4.68. The average molecular weight is 406 g/mol. The van der Waals surface area contributed by atoms with Gasteiger partial charge in [-0.1, -0.05) is 19.9 Å². The third kappa shape index (κ3) is 3.24. The Morgan fingerprint density at radius 1 is 1.23 bits per heavy atom. The van der Waals surface area contributed by atoms with Crippen molar-refractivity contribution in [1.82, 2.24) is 24.9 Å². The quantitative estimate of drug-likeness (QED) is 0.440. The Balaban J connectivity index is 1.67. The Bertz CT molecular complexity index is 1190. The number of aromatic amines is 1. The molecule has 4 aromatic rings. The van der Waals surface area contributed by atoms with E-state index < -0.39 is 6.79 Å². The van der Waals surface area contributed by atoms with Crippen molar-refractivity contribution in [2.75, 3.05) is 19.9 Å². The van der Waals surface area contributed by atoms with Gasteiger partial charge in [-0.3, -0.25) is 0 Å². The van der Waals surface area contributed by atoms with Crippen LogP contribution in [0.15, 0.2) is 36.8 Å². The summed E-state index contributed by atoms with van der Waals surface area (Å²) < 4.78 is 7.12. The van der Waals surface area contributed by atoms with Crippen LogP contribution >= 0.6 is 0 Å². The summed E-state index contributed by atoms with van der Waals surface area (Å²) in [4.78, 5) is 7.86. The zero-order valence-electron chi connectivity index (χ0n) is 17.4. The molecule has 0 saturated carbocycles. The predicted octanol–water partition coefficient (Wildman–Crippen LogP) is 3.80. The van der Waals surface area contributed by atoms with Gasteiger partial charge in [0.1, 0.15) is 6.33 Å². The van der Waals surface area contributed by atoms with E-state index in [1.165, 1.54) is 35.7 Å². The number of nitrogens with zero attached hydrogens (tertiary/aromatic N) is 3. The van der Waals surface area contributed by atoms with Crippen molar-refractivity contribution in [3.05, 3.63) is 47.9 Å². The van der Waals surface area contributed by atoms with Crippen LogP contribution in [0.5, 0.6) is 5.75 Å². The SMILES string of the molecule is CC(C)c1c(-c2cc(OCO)c3ncnn3c2)[nH]c2ccc(C3CCNCC3)cc12. The molecule has 0 atom stereocenters. The number of pyridine rings is 1. The second-order valence-corrected chi connectivity index (χ2v) is 8.29. The first-order chi connectivity index (χ1) is 14.7. The number of hydrogen-bond donors (Lipinski definition) is 3. The summed E-state index contributed by atoms with van der Waals surface area (Å²) in [5, 5.41) is 18.3. The normalized spacial score (nSPS) is 15.5. The van der Waals surface area contributed by atoms with Crippen molar-refractivity contribution in [3.8, 4) is 17.0 Å². The third-order valence-electron chi connectivity index (χ3n) is 6.10. The monoisotopic (exact) mass is 405 g/mol. The van der Waals surface area contributed by atoms with Gasteiger partial charge in [0.25, 0.3) is 0 Å². The minimum atomic E-state index is -0.407. The van der Waals surface area contributed by atoms with Crippen molar-refractivity contribution >= 4 is 16.6 Å². The molecule has 4 heterocycles. The number of aliphatic hydroxyl groups excluding tert-OH is 1. The first kappa shape index (κ1) is 19.1. The summed E-state index contributed by atoms with van der Waals surface area (Å²) in [6.07, 6.45) is 5.81. The molecule has 156 valence electrons. The summed E-state index contributed by atoms with van der Waals surface area (Å²) in [6.45, 7) is 6.22. The van der Waals surface area contributed by atoms with Crippen LogP contribution in [0.25, 0.3) is 27.8 Å². The number of H-pyrrole nitrogens is 1. The maximum Gasteiger partial charge on any atom is 0.197 e. The van der Waals surface area contributed by atoms with E-state index in [4.69, 9.17) is 4.74 Å². The summed E-state index contributed by atoms with van der Waals surface area (Å²) in [7, 11) is 0. The molecule has 0 aliphatic carbocycles. The molecule has 0 amide bonds. The Labute approximate surface area is 175 Å². The molecule has 1 fully saturated rings. The summed E-state index contributed by atoms with van der Waals surface area (Å²) in [5.41, 5.74) is 6.45. The molecule has 7 nitrogen and oxygen atoms in total. The molecular formula is C23H27N5O2. The number of aliphatic hydroxyl groups is 1. The lowest BCUT2D eigenvalue weighted by Gasteiger charge is -2.23. The zero-order chi connectivity index (χ0) is 20.7. The molecule has 3 aromatic heterocycles. The van der Waals surface area contributed by atoms with Crippen molar-refractivity contribution in [2.45, 2.75) is 38.5 Å². The van der Waals surface area contributed by atoms with Gasteiger partial charge in [0.15, 0.2) is 18.2 Å². The Hall–Kier alpha value is -2.90. The fraction of sp³-hybridized carbons (Fsp3) is 0.391. The number of rotatable bonds is 5. The first-order valence-corrected chi connectivity index (χ1v) is 10.6. The van der Waals surface area contributed by atoms with Gasteiger partial charge in [-0.15, -0.1) is 0 Å². The molecule has 1 aliphatic rings. The number of nitrogens with one attached hydrogen (secondary N) is 2. The summed E-state index contributed by atoms with van der Waals surface area (Å²) in [5.74, 6) is 1.46. The molecule has 1 aromatic carbocycles. The lowest BCUT2D eigenvalue weighted by Crippen LogP contribution is -2.26. The van der Waals surface area contributed by atoms with Crippen LogP contribution in [-0.2, 0) is 0 Å². The Morgan fingerprint density at radius 3 is 2.83 bits per heavy atom. The van der Waals surface area contributed by atoms with E-state index in [0.717, 1.165) is 29.9 Å². The van der Waals surface area contributed by atoms with Crippen LogP contribution in [0.4, 0.5) is 0 Å². The van der Waals surface area contributed by atoms with Gasteiger partial charge < -0.3 is 20.1 Å². The molecule has 0 radical (unpaired) electrons. The van der Waals surface area contributed by atoms with Crippen LogP contribution in [0, 0.1) is 0 Å². The number of aromatic nitrogens is 4. The van der Waals surface area contributed by atoms with Crippen LogP contribution in [0.2, 0.25) is 0 Å². The van der Waals surface area contributed by atoms with Gasteiger partial charge in [-0.2, -0.15) is 5.10 Å². The van der Waals surface area contributed by atoms with E-state index in [-0.39, 0.29) is 0 Å². The molecule has 7 heteroatoms. The highest BCUT2D eigenvalue weighted by Crippen LogP contribution is 2.39. The second-order valence-electron chi connectivity index (χ2n) is 8.29. The van der Waals surface area contributed by atoms with Crippen LogP contribution in [0.3, 0.4) is 0 Å². The number of piperidine rings is 1. The Morgan fingerprint density at radius 2 is 2.07 bits per heavy atom. The number of ether oxygens (including phenoxy) is 1. The van der Waals surface area contributed by atoms with Gasteiger partial charge in [-0.25, -0.2) is 9.50 Å². The topological polar surface area (TPSA) is 87.5 Å². The first-order valence-electron chi connectivity index (χ1n) is 10.6. The summed E-state index contributed by atoms with van der Waals surface area (Å²) in [6, 6.07) is 8.77. The average Bonchev–Trinajstić information content (AvgIpc) is 3.38. The van der Waals surface area contributed by atoms with E-state index in [9.17, 15) is 5.11 Å². The number of fused-ring (bicyclic) bond motifs is 2. The second kappa shape index (κ2) is 7.74. The van der Waals surface area contributed by atoms with Gasteiger partial charge in [0.2, 0.25) is 0 Å². The van der Waals surface area contributed by atoms with E-state index >= 15 is 0 Å². The van der Waals surface area contributed by atoms with E-state index in [0.29, 0.717) is 23.2 Å². The molecule has 1 saturated heterocycles. The van der Waals surface area contributed by atoms with Gasteiger partial charge in [0, 0.05) is 22.7 Å². The van der Waals surface area contributed by atoms with Crippen molar-refractivity contribution in [3.63, 3.8) is 0 Å². The van der Waals surface area contributed by atoms with Crippen LogP contribution in [-0.4, -0.2) is 44.6 Å². The lowest BCUT2D eigenvalue weighted by atomic mass is 9.88. The maximum atomic E-state index is 9.30. The predicted molar refractivity (Wildman–Crippen MR) is 117 cm³/mol. The van der Waals surface area contributed by atoms with E-state index in [2.05, 4.69) is 52.4 Å². The minimum Gasteiger partial charge on any atom is -0.464 e. The Kier molecular flexibility index (Phi) is 4.92. The van der Waals surface area contributed by atoms with E-state index in [1.807, 2.05) is 12.3 Å². The molecule has 5 rings (SSSR count). The largest absolute Gasteiger partial charge is 0.464 e. The van der Waals surface area contributed by atoms with Crippen molar-refractivity contribution in [2.24, 2.45) is 0 Å². The van der Waals surface area contributed by atoms with Gasteiger partial charge >= 0.3 is 0 Å². The smallest absolute Gasteiger partial charge is 0.197 e. The van der Waals surface area contributed by atoms with Crippen molar-refractivity contribution < 1.29 is 9.84 Å². The highest BCUT2D eigenvalue weighted by atomic mass is 16.6. The fourth-order valence-electron chi connectivity index (χ4n) is 4.68. The number of benzene rings is 1. The molecule has 3 N–H and O–H groups in total. The van der Waals surface area contributed by atoms with E-state index in [1.54, 1.807) is 4.52 Å². The van der Waals surface area contributed by atoms with Crippen LogP contribution in [0.1, 0.15) is 49.7 Å². The highest BCUT2D eigenvalue weighted by molar-refractivity contribution is 5.92. The lowest BCUT2D eigenvalue weighted by molar-refractivity contribution is 0.0994. The van der Waals surface area contributed by atoms with Crippen LogP contribution < -0.4 is 10.1 Å². The molecular weight excluding hydrogens is 378 g/mol. The zero-order valence-corrected chi connectivity index (χ0v) is 17.4. The number of hydrogen-bond acceptors (Lipinski definition) is 5. The molecule has 0 unspecified atom stereocenters. The van der Waals surface area contributed by atoms with Crippen molar-refractivity contribution in [1.29, 1.82) is 0 Å². The maximum absolute atomic E-state index is 9.30. The van der Waals surface area contributed by atoms with Gasteiger partial charge in [0.05, 0.1) is 5.69 Å². The summed E-state index contributed by atoms with van der Waals surface area (Å²) >= 11 is 0. The molecule has 0 spiro atoms. The standard InChI is InChI=1S/C23H27N5O2/c1-14(2)21-18-9-16(15-5-7-24-8-6-15)3-4-19(18)27-22(21)17-10-20(30-13-29)23-25-12-26-28(23)11-17/h3-4,9-12,14-15,24,27,29H,5-8,13H2,1-2H3. The highest BCUT2D eigenvalue weighted by Gasteiger charge is 2.21. The molecule has 30 heavy (non-hydrogen) atoms.